The van der Waals surface area contributed by atoms with Crippen LogP contribution in [-0.2, 0) is 6.42 Å². The summed E-state index contributed by atoms with van der Waals surface area (Å²) in [5, 5.41) is 9.94. The molecule has 0 spiro atoms. The van der Waals surface area contributed by atoms with Gasteiger partial charge in [-0.15, -0.1) is 0 Å². The van der Waals surface area contributed by atoms with Crippen LogP contribution in [0.2, 0.25) is 0 Å². The standard InChI is InChI=1S/C12H16O3/c1-7-6-9-8(11(7)13)4-5-10(14-2)12(9)15-3/h4-5,7,11,13H,6H2,1-3H3. The van der Waals surface area contributed by atoms with Gasteiger partial charge in [0.05, 0.1) is 20.3 Å². The molecule has 1 aliphatic rings. The Hall–Kier alpha value is -1.22. The largest absolute Gasteiger partial charge is 0.493 e. The number of hydrogen-bond donors (Lipinski definition) is 1. The lowest BCUT2D eigenvalue weighted by Gasteiger charge is -2.12. The molecule has 3 heteroatoms. The van der Waals surface area contributed by atoms with E-state index < -0.39 is 0 Å². The van der Waals surface area contributed by atoms with E-state index in [-0.39, 0.29) is 12.0 Å². The molecule has 1 aliphatic carbocycles. The fraction of sp³-hybridized carbons (Fsp3) is 0.500. The summed E-state index contributed by atoms with van der Waals surface area (Å²) in [5.41, 5.74) is 2.05. The molecule has 1 aromatic carbocycles. The highest BCUT2D eigenvalue weighted by Gasteiger charge is 2.31. The number of aliphatic hydroxyl groups excluding tert-OH is 1. The number of rotatable bonds is 2. The molecule has 0 amide bonds. The third-order valence-corrected chi connectivity index (χ3v) is 3.07. The van der Waals surface area contributed by atoms with Crippen molar-refractivity contribution >= 4 is 0 Å². The Morgan fingerprint density at radius 3 is 2.60 bits per heavy atom. The van der Waals surface area contributed by atoms with Crippen molar-refractivity contribution in [3.63, 3.8) is 0 Å². The molecular formula is C12H16O3. The van der Waals surface area contributed by atoms with Crippen molar-refractivity contribution in [2.45, 2.75) is 19.4 Å². The van der Waals surface area contributed by atoms with E-state index >= 15 is 0 Å². The van der Waals surface area contributed by atoms with Crippen LogP contribution in [0.5, 0.6) is 11.5 Å². The van der Waals surface area contributed by atoms with E-state index in [1.54, 1.807) is 14.2 Å². The molecule has 0 bridgehead atoms. The number of aliphatic hydroxyl groups is 1. The van der Waals surface area contributed by atoms with Gasteiger partial charge in [0.2, 0.25) is 0 Å². The lowest BCUT2D eigenvalue weighted by atomic mass is 10.1. The van der Waals surface area contributed by atoms with Crippen LogP contribution in [0, 0.1) is 5.92 Å². The van der Waals surface area contributed by atoms with E-state index in [1.807, 2.05) is 19.1 Å². The number of ether oxygens (including phenoxy) is 2. The van der Waals surface area contributed by atoms with E-state index in [4.69, 9.17) is 9.47 Å². The molecule has 0 saturated carbocycles. The summed E-state index contributed by atoms with van der Waals surface area (Å²) in [6.45, 7) is 2.04. The lowest BCUT2D eigenvalue weighted by Crippen LogP contribution is -2.00. The zero-order valence-corrected chi connectivity index (χ0v) is 9.28. The SMILES string of the molecule is COc1ccc2c(c1OC)CC(C)C2O. The Kier molecular flexibility index (Phi) is 2.57. The number of methoxy groups -OCH3 is 2. The topological polar surface area (TPSA) is 38.7 Å². The number of fused-ring (bicyclic) bond motifs is 1. The maximum absolute atomic E-state index is 9.94. The Balaban J connectivity index is 2.54. The summed E-state index contributed by atoms with van der Waals surface area (Å²) >= 11 is 0. The Morgan fingerprint density at radius 1 is 1.27 bits per heavy atom. The first kappa shape index (κ1) is 10.3. The normalized spacial score (nSPS) is 23.7. The van der Waals surface area contributed by atoms with E-state index in [1.165, 1.54) is 0 Å². The Labute approximate surface area is 89.6 Å². The summed E-state index contributed by atoms with van der Waals surface area (Å²) in [4.78, 5) is 0. The average molecular weight is 208 g/mol. The summed E-state index contributed by atoms with van der Waals surface area (Å²) < 4.78 is 10.6. The van der Waals surface area contributed by atoms with Crippen molar-refractivity contribution in [3.05, 3.63) is 23.3 Å². The van der Waals surface area contributed by atoms with Crippen LogP contribution in [0.4, 0.5) is 0 Å². The van der Waals surface area contributed by atoms with Crippen LogP contribution in [-0.4, -0.2) is 19.3 Å². The summed E-state index contributed by atoms with van der Waals surface area (Å²) in [7, 11) is 3.26. The van der Waals surface area contributed by atoms with Gasteiger partial charge < -0.3 is 14.6 Å². The second kappa shape index (κ2) is 3.74. The average Bonchev–Trinajstić information content (AvgIpc) is 2.54. The van der Waals surface area contributed by atoms with Crippen molar-refractivity contribution < 1.29 is 14.6 Å². The molecule has 2 rings (SSSR count). The van der Waals surface area contributed by atoms with Crippen LogP contribution >= 0.6 is 0 Å². The molecule has 0 fully saturated rings. The molecule has 82 valence electrons. The second-order valence-corrected chi connectivity index (χ2v) is 4.00. The fourth-order valence-electron chi connectivity index (χ4n) is 2.23. The maximum atomic E-state index is 9.94. The minimum Gasteiger partial charge on any atom is -0.493 e. The quantitative estimate of drug-likeness (QED) is 0.807. The first-order chi connectivity index (χ1) is 7.19. The predicted octanol–water partition coefficient (Wildman–Crippen LogP) is 1.93. The second-order valence-electron chi connectivity index (χ2n) is 4.00. The van der Waals surface area contributed by atoms with Crippen LogP contribution in [0.15, 0.2) is 12.1 Å². The van der Waals surface area contributed by atoms with Gasteiger partial charge >= 0.3 is 0 Å². The van der Waals surface area contributed by atoms with Gasteiger partial charge in [-0.1, -0.05) is 13.0 Å². The molecule has 0 heterocycles. The van der Waals surface area contributed by atoms with Gasteiger partial charge in [-0.3, -0.25) is 0 Å². The van der Waals surface area contributed by atoms with Gasteiger partial charge in [0, 0.05) is 5.56 Å². The molecule has 2 unspecified atom stereocenters. The summed E-state index contributed by atoms with van der Waals surface area (Å²) in [6, 6.07) is 3.77. The zero-order chi connectivity index (χ0) is 11.0. The van der Waals surface area contributed by atoms with Crippen molar-refractivity contribution in [1.29, 1.82) is 0 Å². The van der Waals surface area contributed by atoms with Gasteiger partial charge in [0.15, 0.2) is 11.5 Å². The highest BCUT2D eigenvalue weighted by molar-refractivity contribution is 5.53. The van der Waals surface area contributed by atoms with Crippen LogP contribution in [0.3, 0.4) is 0 Å². The minimum atomic E-state index is -0.375. The molecule has 0 aliphatic heterocycles. The van der Waals surface area contributed by atoms with Crippen molar-refractivity contribution in [1.82, 2.24) is 0 Å². The zero-order valence-electron chi connectivity index (χ0n) is 9.28. The van der Waals surface area contributed by atoms with E-state index in [9.17, 15) is 5.11 Å². The van der Waals surface area contributed by atoms with E-state index in [0.717, 1.165) is 29.0 Å². The number of benzene rings is 1. The van der Waals surface area contributed by atoms with Crippen molar-refractivity contribution in [3.8, 4) is 11.5 Å². The third kappa shape index (κ3) is 1.47. The molecule has 2 atom stereocenters. The van der Waals surface area contributed by atoms with Crippen molar-refractivity contribution in [2.75, 3.05) is 14.2 Å². The summed E-state index contributed by atoms with van der Waals surface area (Å²) in [6.07, 6.45) is 0.469. The smallest absolute Gasteiger partial charge is 0.164 e. The highest BCUT2D eigenvalue weighted by Crippen LogP contribution is 2.44. The van der Waals surface area contributed by atoms with Gasteiger partial charge in [-0.2, -0.15) is 0 Å². The Morgan fingerprint density at radius 2 is 2.00 bits per heavy atom. The monoisotopic (exact) mass is 208 g/mol. The Bertz CT molecular complexity index is 373. The van der Waals surface area contributed by atoms with Gasteiger partial charge in [0.25, 0.3) is 0 Å². The van der Waals surface area contributed by atoms with Gasteiger partial charge in [0.1, 0.15) is 0 Å². The van der Waals surface area contributed by atoms with Crippen molar-refractivity contribution in [2.24, 2.45) is 5.92 Å². The van der Waals surface area contributed by atoms with Crippen LogP contribution in [0.25, 0.3) is 0 Å². The third-order valence-electron chi connectivity index (χ3n) is 3.07. The fourth-order valence-corrected chi connectivity index (χ4v) is 2.23. The molecular weight excluding hydrogens is 192 g/mol. The molecule has 15 heavy (non-hydrogen) atoms. The molecule has 0 aromatic heterocycles. The minimum absolute atomic E-state index is 0.251. The molecule has 1 N–H and O–H groups in total. The summed E-state index contributed by atoms with van der Waals surface area (Å²) in [5.74, 6) is 1.75. The molecule has 0 radical (unpaired) electrons. The first-order valence-corrected chi connectivity index (χ1v) is 5.10. The molecule has 1 aromatic rings. The van der Waals surface area contributed by atoms with Crippen LogP contribution in [0.1, 0.15) is 24.2 Å². The predicted molar refractivity (Wildman–Crippen MR) is 57.4 cm³/mol. The van der Waals surface area contributed by atoms with Gasteiger partial charge in [-0.05, 0) is 24.0 Å². The highest BCUT2D eigenvalue weighted by atomic mass is 16.5. The maximum Gasteiger partial charge on any atom is 0.164 e. The molecule has 0 saturated heterocycles. The number of hydrogen-bond acceptors (Lipinski definition) is 3. The lowest BCUT2D eigenvalue weighted by molar-refractivity contribution is 0.133. The molecule has 3 nitrogen and oxygen atoms in total. The van der Waals surface area contributed by atoms with Gasteiger partial charge in [-0.25, -0.2) is 0 Å². The van der Waals surface area contributed by atoms with E-state index in [2.05, 4.69) is 0 Å². The first-order valence-electron chi connectivity index (χ1n) is 5.10. The van der Waals surface area contributed by atoms with E-state index in [0.29, 0.717) is 0 Å². The van der Waals surface area contributed by atoms with Crippen LogP contribution < -0.4 is 9.47 Å².